The third-order valence-corrected chi connectivity index (χ3v) is 6.94. The van der Waals surface area contributed by atoms with Gasteiger partial charge < -0.3 is 24.6 Å². The van der Waals surface area contributed by atoms with Crippen molar-refractivity contribution < 1.29 is 28.4 Å². The lowest BCUT2D eigenvalue weighted by molar-refractivity contribution is -0.128. The lowest BCUT2D eigenvalue weighted by Crippen LogP contribution is -2.50. The van der Waals surface area contributed by atoms with E-state index >= 15 is 0 Å². The zero-order chi connectivity index (χ0) is 30.2. The van der Waals surface area contributed by atoms with Crippen LogP contribution in [0.4, 0.5) is 11.5 Å². The molecular weight excluding hydrogens is 524 g/mol. The average Bonchev–Trinajstić information content (AvgIpc) is 3.37. The van der Waals surface area contributed by atoms with Gasteiger partial charge in [0.1, 0.15) is 11.8 Å². The number of hydrogen-bond acceptors (Lipinski definition) is 7. The predicted octanol–water partition coefficient (Wildman–Crippen LogP) is 5.36. The van der Waals surface area contributed by atoms with Crippen LogP contribution in [0.25, 0.3) is 0 Å². The Balaban J connectivity index is 2.11. The molecule has 3 amide bonds. The minimum atomic E-state index is -1.12. The van der Waals surface area contributed by atoms with Crippen LogP contribution in [0.1, 0.15) is 69.9 Å². The van der Waals surface area contributed by atoms with E-state index in [4.69, 9.17) is 14.0 Å². The fourth-order valence-electron chi connectivity index (χ4n) is 4.45. The molecule has 0 bridgehead atoms. The van der Waals surface area contributed by atoms with Gasteiger partial charge in [0.15, 0.2) is 17.3 Å². The highest BCUT2D eigenvalue weighted by Gasteiger charge is 2.38. The number of rotatable bonds is 13. The molecule has 0 fully saturated rings. The summed E-state index contributed by atoms with van der Waals surface area (Å²) in [6.07, 6.45) is 1.01. The molecule has 0 unspecified atom stereocenters. The Morgan fingerprint density at radius 2 is 1.76 bits per heavy atom. The van der Waals surface area contributed by atoms with Crippen molar-refractivity contribution in [2.75, 3.05) is 24.4 Å². The van der Waals surface area contributed by atoms with Crippen LogP contribution >= 0.6 is 0 Å². The Kier molecular flexibility index (Phi) is 10.5. The van der Waals surface area contributed by atoms with E-state index in [1.54, 1.807) is 31.2 Å². The van der Waals surface area contributed by atoms with Gasteiger partial charge in [-0.1, -0.05) is 49.3 Å². The zero-order valence-electron chi connectivity index (χ0n) is 24.9. The second-order valence-corrected chi connectivity index (χ2v) is 10.3. The van der Waals surface area contributed by atoms with E-state index in [2.05, 4.69) is 15.8 Å². The van der Waals surface area contributed by atoms with Gasteiger partial charge in [-0.3, -0.25) is 19.3 Å². The first-order chi connectivity index (χ1) is 19.5. The van der Waals surface area contributed by atoms with Crippen LogP contribution in [-0.2, 0) is 20.8 Å². The van der Waals surface area contributed by atoms with Gasteiger partial charge >= 0.3 is 0 Å². The average molecular weight is 565 g/mol. The number of methoxy groups -OCH3 is 2. The molecule has 1 atom stereocenters. The van der Waals surface area contributed by atoms with Crippen molar-refractivity contribution in [2.45, 2.75) is 71.9 Å². The van der Waals surface area contributed by atoms with Crippen LogP contribution in [0, 0.1) is 6.92 Å². The summed E-state index contributed by atoms with van der Waals surface area (Å²) in [6.45, 7) is 9.52. The van der Waals surface area contributed by atoms with Crippen LogP contribution in [0.5, 0.6) is 11.5 Å². The number of aryl methyl sites for hydroxylation is 2. The number of nitrogens with one attached hydrogen (secondary N) is 2. The van der Waals surface area contributed by atoms with Gasteiger partial charge in [-0.15, -0.1) is 0 Å². The monoisotopic (exact) mass is 564 g/mol. The first-order valence-electron chi connectivity index (χ1n) is 13.7. The zero-order valence-corrected chi connectivity index (χ0v) is 24.9. The number of carbonyl (C=O) groups excluding carboxylic acids is 3. The van der Waals surface area contributed by atoms with Gasteiger partial charge in [-0.25, -0.2) is 0 Å². The summed E-state index contributed by atoms with van der Waals surface area (Å²) >= 11 is 0. The second-order valence-electron chi connectivity index (χ2n) is 10.3. The molecule has 3 rings (SSSR count). The normalized spacial score (nSPS) is 11.9. The first-order valence-corrected chi connectivity index (χ1v) is 13.7. The molecule has 0 saturated heterocycles. The number of anilines is 2. The Labute approximate surface area is 241 Å². The molecule has 3 aromatic rings. The summed E-state index contributed by atoms with van der Waals surface area (Å²) in [5, 5.41) is 9.53. The standard InChI is InChI=1S/C31H40N4O6/c1-8-21-13-10-11-15-23(21)35(27(37)18-17-26(36)32-25-19-20(3)41-34-25)28(30(38)33-31(4,5)9-2)22-14-12-16-24(39-6)29(22)40-7/h10-16,19,28H,8-9,17-18H2,1-7H3,(H,33,38)(H,32,34,36)/t28-/m1/s1. The van der Waals surface area contributed by atoms with E-state index in [0.29, 0.717) is 41.4 Å². The van der Waals surface area contributed by atoms with Crippen molar-refractivity contribution in [1.82, 2.24) is 10.5 Å². The van der Waals surface area contributed by atoms with E-state index in [9.17, 15) is 14.4 Å². The summed E-state index contributed by atoms with van der Waals surface area (Å²) in [5.74, 6) is 0.402. The highest BCUT2D eigenvalue weighted by Crippen LogP contribution is 2.40. The molecule has 0 spiro atoms. The number of para-hydroxylation sites is 2. The van der Waals surface area contributed by atoms with Crippen molar-refractivity contribution in [2.24, 2.45) is 0 Å². The Bertz CT molecular complexity index is 1370. The second kappa shape index (κ2) is 13.8. The molecule has 0 aliphatic heterocycles. The third kappa shape index (κ3) is 7.65. The van der Waals surface area contributed by atoms with E-state index in [1.807, 2.05) is 52.0 Å². The summed E-state index contributed by atoms with van der Waals surface area (Å²) < 4.78 is 16.3. The molecule has 41 heavy (non-hydrogen) atoms. The SMILES string of the molecule is CCc1ccccc1N(C(=O)CCC(=O)Nc1cc(C)on1)[C@@H](C(=O)NC(C)(C)CC)c1cccc(OC)c1OC. The lowest BCUT2D eigenvalue weighted by atomic mass is 9.96. The number of nitrogens with zero attached hydrogens (tertiary/aromatic N) is 2. The molecular formula is C31H40N4O6. The smallest absolute Gasteiger partial charge is 0.248 e. The van der Waals surface area contributed by atoms with Crippen LogP contribution < -0.4 is 25.0 Å². The minimum Gasteiger partial charge on any atom is -0.493 e. The molecule has 220 valence electrons. The van der Waals surface area contributed by atoms with Crippen LogP contribution in [0.15, 0.2) is 53.1 Å². The Morgan fingerprint density at radius 3 is 2.37 bits per heavy atom. The molecule has 2 N–H and O–H groups in total. The summed E-state index contributed by atoms with van der Waals surface area (Å²) in [5.41, 5.74) is 1.36. The highest BCUT2D eigenvalue weighted by atomic mass is 16.5. The van der Waals surface area contributed by atoms with Gasteiger partial charge in [-0.05, 0) is 51.3 Å². The molecule has 0 radical (unpaired) electrons. The number of carbonyl (C=O) groups is 3. The number of hydrogen-bond donors (Lipinski definition) is 2. The van der Waals surface area contributed by atoms with E-state index < -0.39 is 23.4 Å². The predicted molar refractivity (Wildman–Crippen MR) is 157 cm³/mol. The number of aromatic nitrogens is 1. The fourth-order valence-corrected chi connectivity index (χ4v) is 4.45. The van der Waals surface area contributed by atoms with Crippen molar-refractivity contribution in [3.05, 3.63) is 65.4 Å². The Hall–Kier alpha value is -4.34. The van der Waals surface area contributed by atoms with Gasteiger partial charge in [0, 0.05) is 35.7 Å². The molecule has 10 heteroatoms. The van der Waals surface area contributed by atoms with Crippen molar-refractivity contribution >= 4 is 29.2 Å². The molecule has 0 saturated carbocycles. The van der Waals surface area contributed by atoms with Crippen molar-refractivity contribution in [3.63, 3.8) is 0 Å². The summed E-state index contributed by atoms with van der Waals surface area (Å²) in [7, 11) is 3.01. The third-order valence-electron chi connectivity index (χ3n) is 6.94. The number of ether oxygens (including phenoxy) is 2. The maximum Gasteiger partial charge on any atom is 0.248 e. The lowest BCUT2D eigenvalue weighted by Gasteiger charge is -2.36. The summed E-state index contributed by atoms with van der Waals surface area (Å²) in [4.78, 5) is 42.5. The van der Waals surface area contributed by atoms with Gasteiger partial charge in [0.25, 0.3) is 0 Å². The number of benzene rings is 2. The van der Waals surface area contributed by atoms with E-state index in [0.717, 1.165) is 5.56 Å². The molecule has 0 aliphatic carbocycles. The fraction of sp³-hybridized carbons (Fsp3) is 0.419. The van der Waals surface area contributed by atoms with Crippen LogP contribution in [-0.4, -0.2) is 42.6 Å². The minimum absolute atomic E-state index is 0.125. The highest BCUT2D eigenvalue weighted by molar-refractivity contribution is 6.04. The molecule has 0 aliphatic rings. The molecule has 1 aromatic heterocycles. The van der Waals surface area contributed by atoms with Crippen molar-refractivity contribution in [3.8, 4) is 11.5 Å². The largest absolute Gasteiger partial charge is 0.493 e. The van der Waals surface area contributed by atoms with E-state index in [1.165, 1.54) is 19.1 Å². The van der Waals surface area contributed by atoms with Crippen LogP contribution in [0.3, 0.4) is 0 Å². The number of amides is 3. The van der Waals surface area contributed by atoms with E-state index in [-0.39, 0.29) is 24.6 Å². The topological polar surface area (TPSA) is 123 Å². The molecule has 10 nitrogen and oxygen atoms in total. The molecule has 2 aromatic carbocycles. The van der Waals surface area contributed by atoms with Crippen molar-refractivity contribution in [1.29, 1.82) is 0 Å². The summed E-state index contributed by atoms with van der Waals surface area (Å²) in [6, 6.07) is 13.1. The van der Waals surface area contributed by atoms with Gasteiger partial charge in [0.2, 0.25) is 17.7 Å². The Morgan fingerprint density at radius 1 is 1.02 bits per heavy atom. The van der Waals surface area contributed by atoms with Crippen LogP contribution in [0.2, 0.25) is 0 Å². The first kappa shape index (κ1) is 31.2. The maximum atomic E-state index is 14.2. The quantitative estimate of drug-likeness (QED) is 0.286. The van der Waals surface area contributed by atoms with Gasteiger partial charge in [-0.2, -0.15) is 0 Å². The maximum absolute atomic E-state index is 14.2. The van der Waals surface area contributed by atoms with Gasteiger partial charge in [0.05, 0.1) is 14.2 Å². The molecule has 1 heterocycles.